The summed E-state index contributed by atoms with van der Waals surface area (Å²) < 4.78 is 10.5. The topological polar surface area (TPSA) is 99.9 Å². The van der Waals surface area contributed by atoms with Crippen LogP contribution in [0.15, 0.2) is 64.3 Å². The van der Waals surface area contributed by atoms with E-state index in [1.807, 2.05) is 48.5 Å². The van der Waals surface area contributed by atoms with E-state index in [1.54, 1.807) is 14.2 Å². The first-order valence-electron chi connectivity index (χ1n) is 10.5. The van der Waals surface area contributed by atoms with Crippen LogP contribution >= 0.6 is 0 Å². The summed E-state index contributed by atoms with van der Waals surface area (Å²) in [5.41, 5.74) is 12.8. The largest absolute Gasteiger partial charge is 0.497 e. The van der Waals surface area contributed by atoms with Crippen molar-refractivity contribution in [1.82, 2.24) is 5.01 Å². The molecule has 8 nitrogen and oxygen atoms in total. The second kappa shape index (κ2) is 9.58. The van der Waals surface area contributed by atoms with Crippen molar-refractivity contribution in [2.45, 2.75) is 25.3 Å². The predicted octanol–water partition coefficient (Wildman–Crippen LogP) is 5.14. The van der Waals surface area contributed by atoms with Crippen molar-refractivity contribution in [1.29, 1.82) is 0 Å². The van der Waals surface area contributed by atoms with Crippen molar-refractivity contribution in [3.8, 4) is 11.5 Å². The Hall–Kier alpha value is -3.77. The van der Waals surface area contributed by atoms with E-state index in [1.165, 1.54) is 5.01 Å². The number of rotatable bonds is 6. The second-order valence-corrected chi connectivity index (χ2v) is 7.77. The van der Waals surface area contributed by atoms with Gasteiger partial charge in [-0.3, -0.25) is 4.79 Å². The van der Waals surface area contributed by atoms with Crippen LogP contribution in [-0.4, -0.2) is 37.4 Å². The molecule has 0 N–H and O–H groups in total. The van der Waals surface area contributed by atoms with Gasteiger partial charge in [0.1, 0.15) is 18.0 Å². The lowest BCUT2D eigenvalue weighted by Gasteiger charge is -2.29. The SMILES string of the molecule is COc1ccc(/C=C2/CCCC3C2=NN(C(=O)CN=[N+]=[N-])C3c2ccc(OC)cc2)cc1. The molecule has 2 aromatic rings. The van der Waals surface area contributed by atoms with Crippen LogP contribution < -0.4 is 9.47 Å². The monoisotopic (exact) mass is 431 g/mol. The summed E-state index contributed by atoms with van der Waals surface area (Å²) in [5, 5.41) is 9.74. The Labute approximate surface area is 186 Å². The lowest BCUT2D eigenvalue weighted by molar-refractivity contribution is -0.132. The van der Waals surface area contributed by atoms with Crippen molar-refractivity contribution in [2.75, 3.05) is 20.8 Å². The number of azide groups is 1. The highest BCUT2D eigenvalue weighted by atomic mass is 16.5. The van der Waals surface area contributed by atoms with Crippen molar-refractivity contribution in [2.24, 2.45) is 16.1 Å². The van der Waals surface area contributed by atoms with Crippen LogP contribution in [0.5, 0.6) is 11.5 Å². The van der Waals surface area contributed by atoms with Crippen molar-refractivity contribution in [3.05, 3.63) is 75.7 Å². The quantitative estimate of drug-likeness (QED) is 0.360. The summed E-state index contributed by atoms with van der Waals surface area (Å²) in [6.45, 7) is -0.260. The minimum absolute atomic E-state index is 0.0802. The predicted molar refractivity (Wildman–Crippen MR) is 122 cm³/mol. The Morgan fingerprint density at radius 2 is 1.81 bits per heavy atom. The minimum atomic E-state index is -0.311. The average molecular weight is 431 g/mol. The van der Waals surface area contributed by atoms with Gasteiger partial charge in [-0.25, -0.2) is 5.01 Å². The fourth-order valence-electron chi connectivity index (χ4n) is 4.41. The first-order chi connectivity index (χ1) is 15.6. The number of carbonyl (C=O) groups excluding carboxylic acids is 1. The second-order valence-electron chi connectivity index (χ2n) is 7.77. The molecule has 0 saturated heterocycles. The molecule has 0 radical (unpaired) electrons. The first kappa shape index (κ1) is 21.5. The molecule has 8 heteroatoms. The summed E-state index contributed by atoms with van der Waals surface area (Å²) >= 11 is 0. The molecule has 1 saturated carbocycles. The van der Waals surface area contributed by atoms with Gasteiger partial charge in [-0.2, -0.15) is 5.10 Å². The van der Waals surface area contributed by atoms with Gasteiger partial charge in [0.05, 0.1) is 26.0 Å². The summed E-state index contributed by atoms with van der Waals surface area (Å²) in [6.07, 6.45) is 4.98. The maximum Gasteiger partial charge on any atom is 0.249 e. The Kier molecular flexibility index (Phi) is 6.42. The van der Waals surface area contributed by atoms with Crippen LogP contribution in [0.4, 0.5) is 0 Å². The number of benzene rings is 2. The van der Waals surface area contributed by atoms with E-state index >= 15 is 0 Å². The highest BCUT2D eigenvalue weighted by Gasteiger charge is 2.43. The highest BCUT2D eigenvalue weighted by Crippen LogP contribution is 2.44. The molecule has 1 heterocycles. The minimum Gasteiger partial charge on any atom is -0.497 e. The van der Waals surface area contributed by atoms with Gasteiger partial charge < -0.3 is 9.47 Å². The molecule has 1 amide bonds. The molecule has 4 rings (SSSR count). The Bertz CT molecular complexity index is 1090. The molecule has 1 aliphatic heterocycles. The molecule has 2 atom stereocenters. The molecular formula is C24H25N5O3. The van der Waals surface area contributed by atoms with Crippen LogP contribution in [-0.2, 0) is 4.79 Å². The molecule has 2 aromatic carbocycles. The smallest absolute Gasteiger partial charge is 0.249 e. The third kappa shape index (κ3) is 4.31. The van der Waals surface area contributed by atoms with E-state index < -0.39 is 0 Å². The van der Waals surface area contributed by atoms with Crippen LogP contribution in [0.1, 0.15) is 36.4 Å². The Balaban J connectivity index is 1.71. The van der Waals surface area contributed by atoms with Crippen LogP contribution in [0.2, 0.25) is 0 Å². The van der Waals surface area contributed by atoms with Crippen molar-refractivity contribution in [3.63, 3.8) is 0 Å². The Morgan fingerprint density at radius 1 is 1.16 bits per heavy atom. The third-order valence-corrected chi connectivity index (χ3v) is 5.94. The molecule has 0 bridgehead atoms. The average Bonchev–Trinajstić information content (AvgIpc) is 3.24. The normalized spacial score (nSPS) is 20.9. The molecule has 2 aliphatic rings. The van der Waals surface area contributed by atoms with Gasteiger partial charge in [-0.1, -0.05) is 29.4 Å². The highest BCUT2D eigenvalue weighted by molar-refractivity contribution is 6.08. The summed E-state index contributed by atoms with van der Waals surface area (Å²) in [4.78, 5) is 15.6. The zero-order chi connectivity index (χ0) is 22.5. The van der Waals surface area contributed by atoms with Gasteiger partial charge in [-0.15, -0.1) is 0 Å². The third-order valence-electron chi connectivity index (χ3n) is 5.94. The van der Waals surface area contributed by atoms with E-state index in [9.17, 15) is 4.79 Å². The number of carbonyl (C=O) groups is 1. The zero-order valence-electron chi connectivity index (χ0n) is 18.1. The fraction of sp³-hybridized carbons (Fsp3) is 0.333. The molecule has 0 aromatic heterocycles. The number of hydrazone groups is 1. The molecule has 1 aliphatic carbocycles. The number of amides is 1. The van der Waals surface area contributed by atoms with Gasteiger partial charge in [0.25, 0.3) is 0 Å². The lowest BCUT2D eigenvalue weighted by atomic mass is 9.77. The van der Waals surface area contributed by atoms with Gasteiger partial charge in [0, 0.05) is 10.8 Å². The van der Waals surface area contributed by atoms with E-state index in [0.717, 1.165) is 53.2 Å². The van der Waals surface area contributed by atoms with Crippen LogP contribution in [0.25, 0.3) is 16.5 Å². The Morgan fingerprint density at radius 3 is 2.44 bits per heavy atom. The maximum absolute atomic E-state index is 12.9. The summed E-state index contributed by atoms with van der Waals surface area (Å²) in [5.74, 6) is 1.33. The van der Waals surface area contributed by atoms with Gasteiger partial charge >= 0.3 is 0 Å². The van der Waals surface area contributed by atoms with Gasteiger partial charge in [-0.05, 0) is 71.8 Å². The zero-order valence-corrected chi connectivity index (χ0v) is 18.1. The summed E-state index contributed by atoms with van der Waals surface area (Å²) in [6, 6.07) is 15.4. The first-order valence-corrected chi connectivity index (χ1v) is 10.5. The molecule has 2 unspecified atom stereocenters. The summed E-state index contributed by atoms with van der Waals surface area (Å²) in [7, 11) is 3.27. The number of ether oxygens (including phenoxy) is 2. The van der Waals surface area contributed by atoms with E-state index in [-0.39, 0.29) is 24.4 Å². The lowest BCUT2D eigenvalue weighted by Crippen LogP contribution is -2.33. The number of nitrogens with zero attached hydrogens (tertiary/aromatic N) is 5. The maximum atomic E-state index is 12.9. The number of methoxy groups -OCH3 is 2. The fourth-order valence-corrected chi connectivity index (χ4v) is 4.41. The molecular weight excluding hydrogens is 406 g/mol. The standard InChI is InChI=1S/C24H25N5O3/c1-31-19-10-6-16(7-11-19)14-18-4-3-5-21-23(18)27-29(22(30)15-26-28-25)24(21)17-8-12-20(32-2)13-9-17/h6-14,21,24H,3-5,15H2,1-2H3/b18-14-. The van der Waals surface area contributed by atoms with Crippen LogP contribution in [0.3, 0.4) is 0 Å². The number of hydrogen-bond donors (Lipinski definition) is 0. The van der Waals surface area contributed by atoms with Crippen LogP contribution in [0, 0.1) is 5.92 Å². The number of fused-ring (bicyclic) bond motifs is 1. The van der Waals surface area contributed by atoms with E-state index in [2.05, 4.69) is 16.1 Å². The van der Waals surface area contributed by atoms with Gasteiger partial charge in [0.2, 0.25) is 5.91 Å². The van der Waals surface area contributed by atoms with E-state index in [4.69, 9.17) is 20.1 Å². The van der Waals surface area contributed by atoms with Gasteiger partial charge in [0.15, 0.2) is 0 Å². The molecule has 32 heavy (non-hydrogen) atoms. The van der Waals surface area contributed by atoms with Crippen molar-refractivity contribution >= 4 is 17.7 Å². The molecule has 1 fully saturated rings. The number of allylic oxidation sites excluding steroid dienone is 1. The van der Waals surface area contributed by atoms with E-state index in [0.29, 0.717) is 0 Å². The molecule has 0 spiro atoms. The molecule has 164 valence electrons. The van der Waals surface area contributed by atoms with Crippen molar-refractivity contribution < 1.29 is 14.3 Å². The number of hydrogen-bond acceptors (Lipinski definition) is 5.